The van der Waals surface area contributed by atoms with Gasteiger partial charge in [-0.05, 0) is 56.1 Å². The molecule has 2 unspecified atom stereocenters. The van der Waals surface area contributed by atoms with E-state index in [0.29, 0.717) is 29.4 Å². The molecule has 1 amide bonds. The number of nitrogens with zero attached hydrogens (tertiary/aromatic N) is 2. The van der Waals surface area contributed by atoms with Gasteiger partial charge < -0.3 is 34.1 Å². The fourth-order valence-electron chi connectivity index (χ4n) is 7.05. The highest BCUT2D eigenvalue weighted by molar-refractivity contribution is 6.18. The second kappa shape index (κ2) is 10.9. The van der Waals surface area contributed by atoms with Crippen molar-refractivity contribution in [3.05, 3.63) is 80.5 Å². The number of methoxy groups -OCH3 is 3. The van der Waals surface area contributed by atoms with Gasteiger partial charge in [0.2, 0.25) is 0 Å². The van der Waals surface area contributed by atoms with Gasteiger partial charge in [0.15, 0.2) is 34.8 Å². The number of piperazine rings is 1. The van der Waals surface area contributed by atoms with Gasteiger partial charge in [-0.2, -0.15) is 0 Å². The van der Waals surface area contributed by atoms with Crippen LogP contribution in [0, 0.1) is 20.8 Å². The first-order chi connectivity index (χ1) is 21.1. The summed E-state index contributed by atoms with van der Waals surface area (Å²) in [5, 5.41) is 22.7. The Morgan fingerprint density at radius 2 is 1.45 bits per heavy atom. The largest absolute Gasteiger partial charge is 0.507 e. The number of likely N-dealkylation sites (N-methyl/N-ethyl adjacent to an activating group) is 1. The maximum absolute atomic E-state index is 14.5. The zero-order valence-corrected chi connectivity index (χ0v) is 25.8. The van der Waals surface area contributed by atoms with Crippen LogP contribution in [0.3, 0.4) is 0 Å². The van der Waals surface area contributed by atoms with Crippen LogP contribution in [-0.2, 0) is 16.1 Å². The quantitative estimate of drug-likeness (QED) is 0.293. The Balaban J connectivity index is 1.61. The van der Waals surface area contributed by atoms with Crippen molar-refractivity contribution < 1.29 is 38.7 Å². The normalized spacial score (nSPS) is 20.5. The second-order valence-corrected chi connectivity index (χ2v) is 11.4. The van der Waals surface area contributed by atoms with Gasteiger partial charge >= 0.3 is 0 Å². The Morgan fingerprint density at radius 1 is 0.795 bits per heavy atom. The number of benzene rings is 3. The van der Waals surface area contributed by atoms with Crippen molar-refractivity contribution in [2.45, 2.75) is 45.5 Å². The molecule has 3 aliphatic heterocycles. The highest BCUT2D eigenvalue weighted by Gasteiger charge is 2.56. The van der Waals surface area contributed by atoms with Crippen molar-refractivity contribution in [3.63, 3.8) is 0 Å². The third kappa shape index (κ3) is 4.01. The summed E-state index contributed by atoms with van der Waals surface area (Å²) in [4.78, 5) is 31.8. The molecule has 0 aromatic heterocycles. The molecule has 3 aromatic rings. The molecule has 1 fully saturated rings. The van der Waals surface area contributed by atoms with E-state index in [0.717, 1.165) is 22.3 Å². The standard InChI is InChI=1S/C34H36N2O8/c1-16-17(2)32(42-6)33(43-7)23-20(16)13-21-26-24-25(28(37)18(3)31(41-5)30(24)39)29(38)27(35(26)4)34(40)36(21)22(23)15-44-14-19-11-9-8-10-12-19/h8-13,22,26-27,37,39H,14-15H2,1-7H3/t22-,26?,27?/m0/s1. The molecule has 0 radical (unpaired) electrons. The van der Waals surface area contributed by atoms with Crippen LogP contribution in [0.2, 0.25) is 0 Å². The smallest absolute Gasteiger partial charge is 0.252 e. The van der Waals surface area contributed by atoms with E-state index in [2.05, 4.69) is 0 Å². The zero-order valence-electron chi connectivity index (χ0n) is 25.8. The van der Waals surface area contributed by atoms with Crippen LogP contribution in [-0.4, -0.2) is 72.7 Å². The molecule has 1 saturated heterocycles. The van der Waals surface area contributed by atoms with E-state index in [1.165, 1.54) is 7.11 Å². The molecule has 0 saturated carbocycles. The van der Waals surface area contributed by atoms with E-state index in [4.69, 9.17) is 18.9 Å². The lowest BCUT2D eigenvalue weighted by Crippen LogP contribution is -2.62. The highest BCUT2D eigenvalue weighted by atomic mass is 16.5. The van der Waals surface area contributed by atoms with Crippen LogP contribution < -0.4 is 14.2 Å². The van der Waals surface area contributed by atoms with Crippen LogP contribution in [0.15, 0.2) is 36.0 Å². The number of phenolic OH excluding ortho intramolecular Hbond substituents is 2. The third-order valence-corrected chi connectivity index (χ3v) is 9.27. The highest BCUT2D eigenvalue weighted by Crippen LogP contribution is 2.57. The molecule has 2 N–H and O–H groups in total. The monoisotopic (exact) mass is 600 g/mol. The number of ether oxygens (including phenoxy) is 4. The van der Waals surface area contributed by atoms with Crippen molar-refractivity contribution in [2.24, 2.45) is 0 Å². The SMILES string of the molecule is COc1c(C)c(O)c2c(c1O)C1C3=Cc4c(C)c(C)c(OC)c(OC)c4[C@H](COCc4ccccc4)N3C(=O)C(C2=O)N1C. The van der Waals surface area contributed by atoms with E-state index >= 15 is 0 Å². The zero-order chi connectivity index (χ0) is 31.6. The van der Waals surface area contributed by atoms with Gasteiger partial charge in [-0.25, -0.2) is 0 Å². The molecule has 3 heterocycles. The Labute approximate surface area is 256 Å². The number of ketones is 1. The molecule has 3 atom stereocenters. The van der Waals surface area contributed by atoms with Gasteiger partial charge in [-0.1, -0.05) is 30.3 Å². The maximum Gasteiger partial charge on any atom is 0.252 e. The van der Waals surface area contributed by atoms with Gasteiger partial charge in [-0.3, -0.25) is 14.5 Å². The Bertz CT molecular complexity index is 1730. The Morgan fingerprint density at radius 3 is 2.09 bits per heavy atom. The average molecular weight is 601 g/mol. The van der Waals surface area contributed by atoms with Crippen LogP contribution in [0.25, 0.3) is 6.08 Å². The fraction of sp³-hybridized carbons (Fsp3) is 0.353. The molecule has 0 aliphatic carbocycles. The van der Waals surface area contributed by atoms with Crippen molar-refractivity contribution in [3.8, 4) is 28.7 Å². The summed E-state index contributed by atoms with van der Waals surface area (Å²) in [7, 11) is 6.21. The summed E-state index contributed by atoms with van der Waals surface area (Å²) in [5.74, 6) is -0.504. The lowest BCUT2D eigenvalue weighted by atomic mass is 9.76. The van der Waals surface area contributed by atoms with Gasteiger partial charge in [0.1, 0.15) is 5.75 Å². The van der Waals surface area contributed by atoms with Crippen LogP contribution in [0.5, 0.6) is 28.7 Å². The van der Waals surface area contributed by atoms with E-state index in [1.807, 2.05) is 50.3 Å². The summed E-state index contributed by atoms with van der Waals surface area (Å²) in [6, 6.07) is 7.03. The maximum atomic E-state index is 14.5. The van der Waals surface area contributed by atoms with Crippen molar-refractivity contribution >= 4 is 17.8 Å². The summed E-state index contributed by atoms with van der Waals surface area (Å²) < 4.78 is 23.5. The number of carbonyl (C=O) groups excluding carboxylic acids is 2. The molecule has 10 heteroatoms. The number of carbonyl (C=O) groups is 2. The molecular weight excluding hydrogens is 564 g/mol. The van der Waals surface area contributed by atoms with Crippen molar-refractivity contribution in [1.82, 2.24) is 9.80 Å². The van der Waals surface area contributed by atoms with Gasteiger partial charge in [0, 0.05) is 22.4 Å². The third-order valence-electron chi connectivity index (χ3n) is 9.27. The molecule has 6 rings (SSSR count). The van der Waals surface area contributed by atoms with Crippen molar-refractivity contribution in [1.29, 1.82) is 0 Å². The molecule has 2 bridgehead atoms. The van der Waals surface area contributed by atoms with E-state index in [-0.39, 0.29) is 40.5 Å². The summed E-state index contributed by atoms with van der Waals surface area (Å²) >= 11 is 0. The number of phenols is 2. The molecule has 3 aliphatic rings. The number of hydrogen-bond acceptors (Lipinski definition) is 9. The lowest BCUT2D eigenvalue weighted by Gasteiger charge is -2.52. The number of aromatic hydroxyl groups is 2. The average Bonchev–Trinajstić information content (AvgIpc) is 3.01. The fourth-order valence-corrected chi connectivity index (χ4v) is 7.05. The summed E-state index contributed by atoms with van der Waals surface area (Å²) in [6.45, 7) is 5.88. The lowest BCUT2D eigenvalue weighted by molar-refractivity contribution is -0.142. The second-order valence-electron chi connectivity index (χ2n) is 11.4. The van der Waals surface area contributed by atoms with Gasteiger partial charge in [0.05, 0.1) is 52.2 Å². The van der Waals surface area contributed by atoms with Crippen molar-refractivity contribution in [2.75, 3.05) is 35.0 Å². The van der Waals surface area contributed by atoms with Gasteiger partial charge in [-0.15, -0.1) is 0 Å². The number of Topliss-reactive ketones (excluding diaryl/α,β-unsaturated/α-hetero) is 1. The number of amides is 1. The Hall–Kier alpha value is -4.54. The molecule has 10 nitrogen and oxygen atoms in total. The molecular formula is C34H36N2O8. The molecule has 3 aromatic carbocycles. The first-order valence-electron chi connectivity index (χ1n) is 14.4. The number of rotatable bonds is 7. The minimum Gasteiger partial charge on any atom is -0.507 e. The predicted molar refractivity (Wildman–Crippen MR) is 162 cm³/mol. The predicted octanol–water partition coefficient (Wildman–Crippen LogP) is 4.74. The molecule has 230 valence electrons. The minimum atomic E-state index is -1.24. The summed E-state index contributed by atoms with van der Waals surface area (Å²) in [5.41, 5.74) is 5.21. The first kappa shape index (κ1) is 29.5. The van der Waals surface area contributed by atoms with E-state index in [9.17, 15) is 19.8 Å². The molecule has 0 spiro atoms. The Kier molecular flexibility index (Phi) is 7.30. The molecule has 44 heavy (non-hydrogen) atoms. The van der Waals surface area contributed by atoms with E-state index in [1.54, 1.807) is 38.0 Å². The number of fused-ring (bicyclic) bond motifs is 7. The van der Waals surface area contributed by atoms with Gasteiger partial charge in [0.25, 0.3) is 5.91 Å². The minimum absolute atomic E-state index is 0.0642. The topological polar surface area (TPSA) is 118 Å². The van der Waals surface area contributed by atoms with Crippen LogP contribution >= 0.6 is 0 Å². The summed E-state index contributed by atoms with van der Waals surface area (Å²) in [6.07, 6.45) is 1.91. The van der Waals surface area contributed by atoms with Crippen LogP contribution in [0.4, 0.5) is 0 Å². The first-order valence-corrected chi connectivity index (χ1v) is 14.4. The number of hydrogen-bond donors (Lipinski definition) is 2. The van der Waals surface area contributed by atoms with Crippen LogP contribution in [0.1, 0.15) is 61.4 Å². The van der Waals surface area contributed by atoms with E-state index < -0.39 is 29.8 Å².